The van der Waals surface area contributed by atoms with E-state index in [-0.39, 0.29) is 5.83 Å². The maximum absolute atomic E-state index is 12.8. The van der Waals surface area contributed by atoms with E-state index in [1.807, 2.05) is 13.0 Å². The van der Waals surface area contributed by atoms with Gasteiger partial charge < -0.3 is 0 Å². The highest BCUT2D eigenvalue weighted by molar-refractivity contribution is 5.42. The van der Waals surface area contributed by atoms with Crippen LogP contribution in [-0.2, 0) is 0 Å². The molecule has 0 saturated heterocycles. The lowest BCUT2D eigenvalue weighted by Crippen LogP contribution is -1.90. The Bertz CT molecular complexity index is 209. The van der Waals surface area contributed by atoms with Crippen molar-refractivity contribution in [2.75, 3.05) is 0 Å². The fraction of sp³-hybridized carbons (Fsp3) is 0.333. The van der Waals surface area contributed by atoms with Gasteiger partial charge in [0.05, 0.1) is 0 Å². The van der Waals surface area contributed by atoms with E-state index in [0.717, 1.165) is 18.4 Å². The van der Waals surface area contributed by atoms with Crippen LogP contribution in [-0.4, -0.2) is 0 Å². The predicted molar refractivity (Wildman–Crippen MR) is 41.3 cm³/mol. The first-order valence-electron chi connectivity index (χ1n) is 3.44. The zero-order valence-electron chi connectivity index (χ0n) is 6.15. The van der Waals surface area contributed by atoms with Crippen molar-refractivity contribution in [3.05, 3.63) is 35.7 Å². The average molecular weight is 138 g/mol. The average Bonchev–Trinajstić information content (AvgIpc) is 1.88. The third-order valence-electron chi connectivity index (χ3n) is 1.56. The summed E-state index contributed by atoms with van der Waals surface area (Å²) < 4.78 is 12.8. The summed E-state index contributed by atoms with van der Waals surface area (Å²) in [7, 11) is 0. The fourth-order valence-corrected chi connectivity index (χ4v) is 1.02. The van der Waals surface area contributed by atoms with Gasteiger partial charge >= 0.3 is 0 Å². The molecule has 1 heteroatoms. The van der Waals surface area contributed by atoms with Crippen LogP contribution in [0.5, 0.6) is 0 Å². The Morgan fingerprint density at radius 3 is 2.50 bits per heavy atom. The molecule has 0 saturated carbocycles. The minimum absolute atomic E-state index is 0.112. The molecule has 0 aromatic rings. The van der Waals surface area contributed by atoms with Crippen molar-refractivity contribution >= 4 is 0 Å². The van der Waals surface area contributed by atoms with Gasteiger partial charge in [0, 0.05) is 5.57 Å². The van der Waals surface area contributed by atoms with Crippen molar-refractivity contribution in [3.8, 4) is 0 Å². The van der Waals surface area contributed by atoms with Gasteiger partial charge in [-0.1, -0.05) is 12.7 Å². The zero-order chi connectivity index (χ0) is 7.56. The molecule has 0 N–H and O–H groups in total. The highest BCUT2D eigenvalue weighted by Gasteiger charge is 2.07. The summed E-state index contributed by atoms with van der Waals surface area (Å²) >= 11 is 0. The van der Waals surface area contributed by atoms with Gasteiger partial charge in [-0.2, -0.15) is 0 Å². The second kappa shape index (κ2) is 2.82. The Labute approximate surface area is 60.7 Å². The molecule has 0 spiro atoms. The van der Waals surface area contributed by atoms with Crippen molar-refractivity contribution < 1.29 is 4.39 Å². The maximum Gasteiger partial charge on any atom is 0.126 e. The Morgan fingerprint density at radius 1 is 1.50 bits per heavy atom. The molecule has 0 fully saturated rings. The molecule has 0 aromatic heterocycles. The summed E-state index contributed by atoms with van der Waals surface area (Å²) in [4.78, 5) is 0. The standard InChI is InChI=1S/C9H11F/c1-7(2)8-5-3-4-6-9(8)10/h5-6H,1,3-4H2,2H3. The van der Waals surface area contributed by atoms with Crippen molar-refractivity contribution in [1.82, 2.24) is 0 Å². The smallest absolute Gasteiger partial charge is 0.126 e. The lowest BCUT2D eigenvalue weighted by molar-refractivity contribution is 0.638. The Hall–Kier alpha value is -0.850. The zero-order valence-corrected chi connectivity index (χ0v) is 6.15. The van der Waals surface area contributed by atoms with Gasteiger partial charge in [-0.3, -0.25) is 0 Å². The van der Waals surface area contributed by atoms with Gasteiger partial charge in [0.25, 0.3) is 0 Å². The lowest BCUT2D eigenvalue weighted by Gasteiger charge is -2.08. The lowest BCUT2D eigenvalue weighted by atomic mass is 10.0. The van der Waals surface area contributed by atoms with E-state index in [1.54, 1.807) is 6.08 Å². The minimum Gasteiger partial charge on any atom is -0.207 e. The number of rotatable bonds is 1. The number of hydrogen-bond acceptors (Lipinski definition) is 0. The van der Waals surface area contributed by atoms with Crippen molar-refractivity contribution in [2.45, 2.75) is 19.8 Å². The van der Waals surface area contributed by atoms with Gasteiger partial charge in [-0.25, -0.2) is 4.39 Å². The van der Waals surface area contributed by atoms with Gasteiger partial charge in [0.15, 0.2) is 0 Å². The highest BCUT2D eigenvalue weighted by Crippen LogP contribution is 2.24. The molecular weight excluding hydrogens is 127 g/mol. The predicted octanol–water partition coefficient (Wildman–Crippen LogP) is 3.14. The van der Waals surface area contributed by atoms with Crippen molar-refractivity contribution in [1.29, 1.82) is 0 Å². The summed E-state index contributed by atoms with van der Waals surface area (Å²) in [5, 5.41) is 0. The summed E-state index contributed by atoms with van der Waals surface area (Å²) in [5.74, 6) is -0.112. The summed E-state index contributed by atoms with van der Waals surface area (Å²) in [6.07, 6.45) is 5.28. The van der Waals surface area contributed by atoms with Gasteiger partial charge in [-0.15, -0.1) is 0 Å². The van der Waals surface area contributed by atoms with Crippen LogP contribution in [0.25, 0.3) is 0 Å². The molecular formula is C9H11F. The largest absolute Gasteiger partial charge is 0.207 e. The third kappa shape index (κ3) is 1.35. The topological polar surface area (TPSA) is 0 Å². The van der Waals surface area contributed by atoms with E-state index in [4.69, 9.17) is 0 Å². The molecule has 10 heavy (non-hydrogen) atoms. The van der Waals surface area contributed by atoms with Gasteiger partial charge in [-0.05, 0) is 31.4 Å². The molecule has 0 bridgehead atoms. The SMILES string of the molecule is C=C(C)C1=CCCC=C1F. The highest BCUT2D eigenvalue weighted by atomic mass is 19.1. The number of hydrogen-bond donors (Lipinski definition) is 0. The molecule has 0 aliphatic heterocycles. The van der Waals surface area contributed by atoms with E-state index >= 15 is 0 Å². The Morgan fingerprint density at radius 2 is 2.10 bits per heavy atom. The molecule has 0 atom stereocenters. The summed E-state index contributed by atoms with van der Waals surface area (Å²) in [6, 6.07) is 0. The van der Waals surface area contributed by atoms with E-state index in [9.17, 15) is 4.39 Å². The van der Waals surface area contributed by atoms with Crippen molar-refractivity contribution in [3.63, 3.8) is 0 Å². The van der Waals surface area contributed by atoms with E-state index in [0.29, 0.717) is 5.57 Å². The summed E-state index contributed by atoms with van der Waals surface area (Å²) in [5.41, 5.74) is 1.50. The van der Waals surface area contributed by atoms with Crippen LogP contribution in [0.15, 0.2) is 35.7 Å². The molecule has 0 amide bonds. The molecule has 1 aliphatic rings. The van der Waals surface area contributed by atoms with Crippen LogP contribution < -0.4 is 0 Å². The van der Waals surface area contributed by atoms with E-state index in [1.165, 1.54) is 0 Å². The molecule has 54 valence electrons. The second-order valence-corrected chi connectivity index (χ2v) is 2.53. The molecule has 0 radical (unpaired) electrons. The molecule has 1 rings (SSSR count). The molecule has 1 aliphatic carbocycles. The van der Waals surface area contributed by atoms with Gasteiger partial charge in [0.2, 0.25) is 0 Å². The van der Waals surface area contributed by atoms with Gasteiger partial charge in [0.1, 0.15) is 5.83 Å². The number of halogens is 1. The monoisotopic (exact) mass is 138 g/mol. The normalized spacial score (nSPS) is 17.8. The Balaban J connectivity index is 2.84. The maximum atomic E-state index is 12.8. The quantitative estimate of drug-likeness (QED) is 0.522. The van der Waals surface area contributed by atoms with Crippen LogP contribution in [0.1, 0.15) is 19.8 Å². The first-order valence-corrected chi connectivity index (χ1v) is 3.44. The first kappa shape index (κ1) is 7.26. The molecule has 0 nitrogen and oxygen atoms in total. The van der Waals surface area contributed by atoms with E-state index < -0.39 is 0 Å². The molecule has 0 aromatic carbocycles. The van der Waals surface area contributed by atoms with Crippen molar-refractivity contribution in [2.24, 2.45) is 0 Å². The van der Waals surface area contributed by atoms with Crippen LogP contribution in [0.4, 0.5) is 4.39 Å². The molecule has 0 unspecified atom stereocenters. The summed E-state index contributed by atoms with van der Waals surface area (Å²) in [6.45, 7) is 5.50. The van der Waals surface area contributed by atoms with Crippen LogP contribution in [0.2, 0.25) is 0 Å². The molecule has 0 heterocycles. The minimum atomic E-state index is -0.112. The third-order valence-corrected chi connectivity index (χ3v) is 1.56. The first-order chi connectivity index (χ1) is 4.72. The fourth-order valence-electron chi connectivity index (χ4n) is 1.02. The van der Waals surface area contributed by atoms with Crippen LogP contribution >= 0.6 is 0 Å². The van der Waals surface area contributed by atoms with E-state index in [2.05, 4.69) is 6.58 Å². The second-order valence-electron chi connectivity index (χ2n) is 2.53. The van der Waals surface area contributed by atoms with Crippen LogP contribution in [0, 0.1) is 0 Å². The Kier molecular flexibility index (Phi) is 2.05. The van der Waals surface area contributed by atoms with Crippen LogP contribution in [0.3, 0.4) is 0 Å². The number of allylic oxidation sites excluding steroid dienone is 5.